The minimum Gasteiger partial charge on any atom is -0.497 e. The van der Waals surface area contributed by atoms with Gasteiger partial charge in [-0.2, -0.15) is 0 Å². The molecule has 1 aliphatic heterocycles. The average molecular weight is 237 g/mol. The minimum atomic E-state index is -0.532. The molecule has 2 atom stereocenters. The Morgan fingerprint density at radius 1 is 1.53 bits per heavy atom. The molecule has 2 N–H and O–H groups in total. The summed E-state index contributed by atoms with van der Waals surface area (Å²) in [6.07, 6.45) is 0.0214. The highest BCUT2D eigenvalue weighted by Crippen LogP contribution is 2.21. The van der Waals surface area contributed by atoms with Gasteiger partial charge in [-0.1, -0.05) is 12.1 Å². The third-order valence-electron chi connectivity index (χ3n) is 3.16. The van der Waals surface area contributed by atoms with Crippen molar-refractivity contribution in [2.24, 2.45) is 0 Å². The highest BCUT2D eigenvalue weighted by atomic mass is 16.5. The van der Waals surface area contributed by atoms with E-state index in [0.717, 1.165) is 24.3 Å². The fraction of sp³-hybridized carbons (Fsp3) is 0.538. The molecule has 0 bridgehead atoms. The van der Waals surface area contributed by atoms with Gasteiger partial charge in [-0.15, -0.1) is 0 Å². The van der Waals surface area contributed by atoms with Crippen molar-refractivity contribution in [3.8, 4) is 5.75 Å². The lowest BCUT2D eigenvalue weighted by Gasteiger charge is -2.20. The first kappa shape index (κ1) is 12.4. The first-order valence-electron chi connectivity index (χ1n) is 5.91. The zero-order valence-electron chi connectivity index (χ0n) is 10.0. The maximum absolute atomic E-state index is 10.1. The molecule has 0 radical (unpaired) electrons. The molecule has 2 rings (SSSR count). The van der Waals surface area contributed by atoms with Crippen molar-refractivity contribution in [1.82, 2.24) is 4.90 Å². The van der Waals surface area contributed by atoms with E-state index in [1.54, 1.807) is 7.11 Å². The molecule has 1 heterocycles. The standard InChI is InChI=1S/C13H19NO3/c1-17-12-4-2-3-10(7-12)13(16)9-14-6-5-11(15)8-14/h2-4,7,11,13,15-16H,5-6,8-9H2,1H3/t11-,13?/m1/s1. The van der Waals surface area contributed by atoms with Gasteiger partial charge in [0, 0.05) is 19.6 Å². The molecular formula is C13H19NO3. The molecule has 1 aromatic carbocycles. The molecule has 0 aromatic heterocycles. The van der Waals surface area contributed by atoms with E-state index >= 15 is 0 Å². The first-order valence-corrected chi connectivity index (χ1v) is 5.91. The molecule has 4 nitrogen and oxygen atoms in total. The van der Waals surface area contributed by atoms with Gasteiger partial charge in [-0.05, 0) is 24.1 Å². The summed E-state index contributed by atoms with van der Waals surface area (Å²) in [5.74, 6) is 0.753. The highest BCUT2D eigenvalue weighted by molar-refractivity contribution is 5.29. The number of likely N-dealkylation sites (tertiary alicyclic amines) is 1. The fourth-order valence-corrected chi connectivity index (χ4v) is 2.18. The Kier molecular flexibility index (Phi) is 3.99. The van der Waals surface area contributed by atoms with Crippen molar-refractivity contribution in [2.45, 2.75) is 18.6 Å². The summed E-state index contributed by atoms with van der Waals surface area (Å²) in [4.78, 5) is 2.08. The highest BCUT2D eigenvalue weighted by Gasteiger charge is 2.22. The Bertz CT molecular complexity index is 369. The summed E-state index contributed by atoms with van der Waals surface area (Å²) in [6.45, 7) is 2.06. The van der Waals surface area contributed by atoms with E-state index in [1.165, 1.54) is 0 Å². The lowest BCUT2D eigenvalue weighted by atomic mass is 10.1. The molecule has 0 aliphatic carbocycles. The Hall–Kier alpha value is -1.10. The van der Waals surface area contributed by atoms with Gasteiger partial charge < -0.3 is 14.9 Å². The molecule has 0 spiro atoms. The summed E-state index contributed by atoms with van der Waals surface area (Å²) < 4.78 is 5.13. The molecular weight excluding hydrogens is 218 g/mol. The van der Waals surface area contributed by atoms with Crippen molar-refractivity contribution in [1.29, 1.82) is 0 Å². The number of hydrogen-bond acceptors (Lipinski definition) is 4. The summed E-state index contributed by atoms with van der Waals surface area (Å²) in [5, 5.41) is 19.5. The zero-order chi connectivity index (χ0) is 12.3. The van der Waals surface area contributed by atoms with Gasteiger partial charge in [0.1, 0.15) is 5.75 Å². The maximum atomic E-state index is 10.1. The second-order valence-corrected chi connectivity index (χ2v) is 4.49. The van der Waals surface area contributed by atoms with Crippen molar-refractivity contribution in [2.75, 3.05) is 26.7 Å². The molecule has 1 fully saturated rings. The Morgan fingerprint density at radius 3 is 3.00 bits per heavy atom. The predicted octanol–water partition coefficient (Wildman–Crippen LogP) is 0.795. The number of benzene rings is 1. The second-order valence-electron chi connectivity index (χ2n) is 4.49. The Balaban J connectivity index is 1.96. The fourth-order valence-electron chi connectivity index (χ4n) is 2.18. The molecule has 0 amide bonds. The normalized spacial score (nSPS) is 22.6. The Morgan fingerprint density at radius 2 is 2.35 bits per heavy atom. The molecule has 1 aliphatic rings. The summed E-state index contributed by atoms with van der Waals surface area (Å²) in [6, 6.07) is 7.46. The van der Waals surface area contributed by atoms with Crippen LogP contribution in [0, 0.1) is 0 Å². The molecule has 1 aromatic rings. The number of nitrogens with zero attached hydrogens (tertiary/aromatic N) is 1. The van der Waals surface area contributed by atoms with Crippen LogP contribution in [0.2, 0.25) is 0 Å². The van der Waals surface area contributed by atoms with Gasteiger partial charge in [0.15, 0.2) is 0 Å². The van der Waals surface area contributed by atoms with Crippen LogP contribution in [0.4, 0.5) is 0 Å². The van der Waals surface area contributed by atoms with Crippen LogP contribution < -0.4 is 4.74 Å². The predicted molar refractivity (Wildman–Crippen MR) is 65.0 cm³/mol. The van der Waals surface area contributed by atoms with Crippen LogP contribution in [0.5, 0.6) is 5.75 Å². The van der Waals surface area contributed by atoms with E-state index < -0.39 is 6.10 Å². The van der Waals surface area contributed by atoms with Gasteiger partial charge >= 0.3 is 0 Å². The number of rotatable bonds is 4. The van der Waals surface area contributed by atoms with Gasteiger partial charge in [-0.25, -0.2) is 0 Å². The van der Waals surface area contributed by atoms with Crippen LogP contribution in [-0.2, 0) is 0 Å². The van der Waals surface area contributed by atoms with Crippen LogP contribution in [-0.4, -0.2) is 48.0 Å². The summed E-state index contributed by atoms with van der Waals surface area (Å²) >= 11 is 0. The Labute approximate surface area is 101 Å². The van der Waals surface area contributed by atoms with E-state index in [0.29, 0.717) is 13.1 Å². The van der Waals surface area contributed by atoms with Gasteiger partial charge in [0.25, 0.3) is 0 Å². The smallest absolute Gasteiger partial charge is 0.119 e. The van der Waals surface area contributed by atoms with Crippen LogP contribution >= 0.6 is 0 Å². The van der Waals surface area contributed by atoms with Crippen molar-refractivity contribution in [3.63, 3.8) is 0 Å². The maximum Gasteiger partial charge on any atom is 0.119 e. The molecule has 1 unspecified atom stereocenters. The lowest BCUT2D eigenvalue weighted by molar-refractivity contribution is 0.113. The van der Waals surface area contributed by atoms with E-state index in [9.17, 15) is 10.2 Å². The monoisotopic (exact) mass is 237 g/mol. The van der Waals surface area contributed by atoms with Crippen LogP contribution in [0.1, 0.15) is 18.1 Å². The first-order chi connectivity index (χ1) is 8.19. The van der Waals surface area contributed by atoms with Gasteiger partial charge in [0.2, 0.25) is 0 Å². The van der Waals surface area contributed by atoms with E-state index in [1.807, 2.05) is 24.3 Å². The molecule has 0 saturated carbocycles. The number of β-amino-alcohol motifs (C(OH)–C–C–N with tert-alkyl or cyclic N) is 2. The summed E-state index contributed by atoms with van der Waals surface area (Å²) in [5.41, 5.74) is 0.853. The number of methoxy groups -OCH3 is 1. The molecule has 17 heavy (non-hydrogen) atoms. The average Bonchev–Trinajstić information content (AvgIpc) is 2.75. The van der Waals surface area contributed by atoms with E-state index in [-0.39, 0.29) is 6.10 Å². The SMILES string of the molecule is COc1cccc(C(O)CN2CC[C@@H](O)C2)c1. The number of aliphatic hydroxyl groups excluding tert-OH is 2. The molecule has 1 saturated heterocycles. The topological polar surface area (TPSA) is 52.9 Å². The molecule has 4 heteroatoms. The number of aliphatic hydroxyl groups is 2. The zero-order valence-corrected chi connectivity index (χ0v) is 10.0. The van der Waals surface area contributed by atoms with E-state index in [2.05, 4.69) is 4.90 Å². The number of ether oxygens (including phenoxy) is 1. The third kappa shape index (κ3) is 3.19. The van der Waals surface area contributed by atoms with Crippen LogP contribution in [0.3, 0.4) is 0 Å². The van der Waals surface area contributed by atoms with Crippen LogP contribution in [0.25, 0.3) is 0 Å². The minimum absolute atomic E-state index is 0.243. The van der Waals surface area contributed by atoms with E-state index in [4.69, 9.17) is 4.74 Å². The second kappa shape index (κ2) is 5.49. The van der Waals surface area contributed by atoms with Crippen LogP contribution in [0.15, 0.2) is 24.3 Å². The van der Waals surface area contributed by atoms with Crippen molar-refractivity contribution >= 4 is 0 Å². The van der Waals surface area contributed by atoms with Crippen molar-refractivity contribution in [3.05, 3.63) is 29.8 Å². The summed E-state index contributed by atoms with van der Waals surface area (Å²) in [7, 11) is 1.61. The third-order valence-corrected chi connectivity index (χ3v) is 3.16. The quantitative estimate of drug-likeness (QED) is 0.813. The number of hydrogen-bond donors (Lipinski definition) is 2. The largest absolute Gasteiger partial charge is 0.497 e. The van der Waals surface area contributed by atoms with Gasteiger partial charge in [-0.3, -0.25) is 4.90 Å². The molecule has 94 valence electrons. The van der Waals surface area contributed by atoms with Crippen molar-refractivity contribution < 1.29 is 14.9 Å². The lowest BCUT2D eigenvalue weighted by Crippen LogP contribution is -2.27. The van der Waals surface area contributed by atoms with Gasteiger partial charge in [0.05, 0.1) is 19.3 Å².